The molecule has 0 saturated carbocycles. The molecule has 0 amide bonds. The molecule has 7 heteroatoms. The molecule has 2 atom stereocenters. The summed E-state index contributed by atoms with van der Waals surface area (Å²) in [6.45, 7) is 4.67. The predicted octanol–water partition coefficient (Wildman–Crippen LogP) is 6.99. The molecule has 4 aromatic rings. The number of nitrogens with one attached hydrogen (secondary N) is 1. The summed E-state index contributed by atoms with van der Waals surface area (Å²) in [4.78, 5) is 6.70. The van der Waals surface area contributed by atoms with E-state index >= 15 is 0 Å². The third kappa shape index (κ3) is 4.33. The first kappa shape index (κ1) is 22.6. The van der Waals surface area contributed by atoms with E-state index in [1.807, 2.05) is 61.5 Å². The van der Waals surface area contributed by atoms with E-state index in [0.717, 1.165) is 38.7 Å². The van der Waals surface area contributed by atoms with Gasteiger partial charge in [-0.25, -0.2) is 0 Å². The Bertz CT molecular complexity index is 1310. The summed E-state index contributed by atoms with van der Waals surface area (Å²) < 4.78 is 13.1. The van der Waals surface area contributed by atoms with Crippen molar-refractivity contribution in [3.05, 3.63) is 100 Å². The minimum Gasteiger partial charge on any atom is -0.494 e. The Morgan fingerprint density at radius 2 is 1.91 bits per heavy atom. The summed E-state index contributed by atoms with van der Waals surface area (Å²) in [5.41, 5.74) is 4.05. The van der Waals surface area contributed by atoms with E-state index < -0.39 is 0 Å². The number of thiocarbonyl (C=S) groups is 1. The van der Waals surface area contributed by atoms with Gasteiger partial charge >= 0.3 is 0 Å². The highest BCUT2D eigenvalue weighted by atomic mass is 79.9. The van der Waals surface area contributed by atoms with Crippen LogP contribution in [0.3, 0.4) is 0 Å². The quantitative estimate of drug-likeness (QED) is 0.269. The zero-order valence-electron chi connectivity index (χ0n) is 18.9. The Labute approximate surface area is 212 Å². The van der Waals surface area contributed by atoms with Gasteiger partial charge in [-0.2, -0.15) is 0 Å². The van der Waals surface area contributed by atoms with Gasteiger partial charge < -0.3 is 19.4 Å². The van der Waals surface area contributed by atoms with Crippen LogP contribution in [0.15, 0.2) is 87.9 Å². The zero-order valence-corrected chi connectivity index (χ0v) is 21.3. The lowest BCUT2D eigenvalue weighted by Gasteiger charge is -2.26. The molecule has 3 heterocycles. The Morgan fingerprint density at radius 1 is 1.09 bits per heavy atom. The third-order valence-corrected chi connectivity index (χ3v) is 6.80. The zero-order chi connectivity index (χ0) is 23.7. The highest BCUT2D eigenvalue weighted by Gasteiger charge is 2.42. The number of benzene rings is 2. The van der Waals surface area contributed by atoms with Crippen LogP contribution in [-0.4, -0.2) is 16.7 Å². The summed E-state index contributed by atoms with van der Waals surface area (Å²) in [7, 11) is 0. The highest BCUT2D eigenvalue weighted by molar-refractivity contribution is 9.10. The number of anilines is 1. The molecule has 0 aliphatic carbocycles. The summed E-state index contributed by atoms with van der Waals surface area (Å²) in [6.07, 6.45) is 1.80. The minimum atomic E-state index is -0.210. The van der Waals surface area contributed by atoms with Crippen LogP contribution in [0.1, 0.15) is 36.0 Å². The topological polar surface area (TPSA) is 50.5 Å². The smallest absolute Gasteiger partial charge is 0.174 e. The number of furan rings is 1. The molecule has 172 valence electrons. The first-order valence-electron chi connectivity index (χ1n) is 11.1. The molecule has 0 radical (unpaired) electrons. The van der Waals surface area contributed by atoms with Crippen LogP contribution in [0.5, 0.6) is 5.75 Å². The molecule has 1 fully saturated rings. The summed E-state index contributed by atoms with van der Waals surface area (Å²) in [5.74, 6) is 2.43. The number of ether oxygens (including phenoxy) is 1. The van der Waals surface area contributed by atoms with Gasteiger partial charge in [0.15, 0.2) is 5.11 Å². The maximum absolute atomic E-state index is 6.46. The Morgan fingerprint density at radius 3 is 2.62 bits per heavy atom. The summed E-state index contributed by atoms with van der Waals surface area (Å²) in [6, 6.07) is 23.8. The lowest BCUT2D eigenvalue weighted by molar-refractivity contribution is 0.340. The number of halogens is 1. The van der Waals surface area contributed by atoms with E-state index in [-0.39, 0.29) is 12.1 Å². The Kier molecular flexibility index (Phi) is 6.39. The second-order valence-electron chi connectivity index (χ2n) is 8.11. The van der Waals surface area contributed by atoms with E-state index in [0.29, 0.717) is 11.7 Å². The number of pyridine rings is 1. The fourth-order valence-corrected chi connectivity index (χ4v) is 5.30. The molecule has 34 heavy (non-hydrogen) atoms. The van der Waals surface area contributed by atoms with Crippen molar-refractivity contribution in [1.82, 2.24) is 10.3 Å². The number of aryl methyl sites for hydroxylation is 1. The largest absolute Gasteiger partial charge is 0.494 e. The molecule has 1 N–H and O–H groups in total. The van der Waals surface area contributed by atoms with Gasteiger partial charge in [-0.05, 0) is 92.3 Å². The normalized spacial score (nSPS) is 17.6. The SMILES string of the molecule is CCOc1ccc(N2C(=S)N[C@H](c3ccccn3)[C@H]2c2ccc(-c3ccc(C)cc3Br)o2)cc1. The molecule has 0 spiro atoms. The molecule has 1 aliphatic heterocycles. The van der Waals surface area contributed by atoms with Crippen LogP contribution in [0.2, 0.25) is 0 Å². The van der Waals surface area contributed by atoms with Crippen LogP contribution >= 0.6 is 28.1 Å². The van der Waals surface area contributed by atoms with Crippen LogP contribution in [0, 0.1) is 6.92 Å². The fourth-order valence-electron chi connectivity index (χ4n) is 4.27. The van der Waals surface area contributed by atoms with Crippen LogP contribution in [0.25, 0.3) is 11.3 Å². The molecular formula is C27H24BrN3O2S. The van der Waals surface area contributed by atoms with Crippen LogP contribution in [-0.2, 0) is 0 Å². The van der Waals surface area contributed by atoms with Crippen molar-refractivity contribution in [3.63, 3.8) is 0 Å². The monoisotopic (exact) mass is 533 g/mol. The van der Waals surface area contributed by atoms with Crippen LogP contribution in [0.4, 0.5) is 5.69 Å². The molecule has 2 aromatic heterocycles. The number of aromatic nitrogens is 1. The standard InChI is InChI=1S/C27H24BrN3O2S/c1-3-32-19-10-8-18(9-11-19)31-26(25(30-27(31)34)22-6-4-5-15-29-22)24-14-13-23(33-24)20-12-7-17(2)16-21(20)28/h4-16,25-26H,3H2,1-2H3,(H,30,34)/t25-,26-/m1/s1. The van der Waals surface area contributed by atoms with Gasteiger partial charge in [0.25, 0.3) is 0 Å². The lowest BCUT2D eigenvalue weighted by atomic mass is 10.0. The van der Waals surface area contributed by atoms with Crippen LogP contribution < -0.4 is 15.0 Å². The second kappa shape index (κ2) is 9.60. The van der Waals surface area contributed by atoms with Gasteiger partial charge in [-0.15, -0.1) is 0 Å². The first-order valence-corrected chi connectivity index (χ1v) is 12.3. The Hall–Kier alpha value is -3.16. The van der Waals surface area contributed by atoms with Gasteiger partial charge in [0.05, 0.1) is 18.3 Å². The van der Waals surface area contributed by atoms with Crippen molar-refractivity contribution < 1.29 is 9.15 Å². The molecule has 5 nitrogen and oxygen atoms in total. The van der Waals surface area contributed by atoms with Crippen molar-refractivity contribution in [1.29, 1.82) is 0 Å². The van der Waals surface area contributed by atoms with Crippen molar-refractivity contribution in [2.75, 3.05) is 11.5 Å². The van der Waals surface area contributed by atoms with Crippen molar-refractivity contribution in [2.45, 2.75) is 25.9 Å². The van der Waals surface area contributed by atoms with E-state index in [9.17, 15) is 0 Å². The number of hydrogen-bond donors (Lipinski definition) is 1. The second-order valence-corrected chi connectivity index (χ2v) is 9.35. The predicted molar refractivity (Wildman–Crippen MR) is 142 cm³/mol. The fraction of sp³-hybridized carbons (Fsp3) is 0.185. The molecule has 0 unspecified atom stereocenters. The van der Waals surface area contributed by atoms with Crippen molar-refractivity contribution >= 4 is 38.9 Å². The van der Waals surface area contributed by atoms with E-state index in [1.165, 1.54) is 5.56 Å². The molecule has 0 bridgehead atoms. The van der Waals surface area contributed by atoms with E-state index in [2.05, 4.69) is 56.3 Å². The van der Waals surface area contributed by atoms with Crippen molar-refractivity contribution in [2.24, 2.45) is 0 Å². The van der Waals surface area contributed by atoms with Gasteiger partial charge in [0.2, 0.25) is 0 Å². The molecule has 5 rings (SSSR count). The Balaban J connectivity index is 1.57. The highest BCUT2D eigenvalue weighted by Crippen LogP contribution is 2.43. The number of nitrogens with zero attached hydrogens (tertiary/aromatic N) is 2. The molecular weight excluding hydrogens is 510 g/mol. The lowest BCUT2D eigenvalue weighted by Crippen LogP contribution is -2.29. The number of hydrogen-bond acceptors (Lipinski definition) is 4. The maximum Gasteiger partial charge on any atom is 0.174 e. The molecule has 1 saturated heterocycles. The average molecular weight is 534 g/mol. The summed E-state index contributed by atoms with van der Waals surface area (Å²) in [5, 5.41) is 4.09. The van der Waals surface area contributed by atoms with Gasteiger partial charge in [0.1, 0.15) is 23.3 Å². The summed E-state index contributed by atoms with van der Waals surface area (Å²) >= 11 is 9.48. The van der Waals surface area contributed by atoms with Gasteiger partial charge in [-0.3, -0.25) is 4.98 Å². The number of rotatable bonds is 6. The van der Waals surface area contributed by atoms with Crippen molar-refractivity contribution in [3.8, 4) is 17.1 Å². The van der Waals surface area contributed by atoms with E-state index in [4.69, 9.17) is 21.4 Å². The van der Waals surface area contributed by atoms with E-state index in [1.54, 1.807) is 6.20 Å². The maximum atomic E-state index is 6.46. The first-order chi connectivity index (χ1) is 16.5. The molecule has 1 aliphatic rings. The van der Waals surface area contributed by atoms with Gasteiger partial charge in [-0.1, -0.05) is 28.1 Å². The third-order valence-electron chi connectivity index (χ3n) is 5.83. The molecule has 2 aromatic carbocycles. The minimum absolute atomic E-state index is 0.166. The van der Waals surface area contributed by atoms with Gasteiger partial charge in [0, 0.05) is 21.9 Å². The average Bonchev–Trinajstić information content (AvgIpc) is 3.45.